The minimum Gasteiger partial charge on any atom is -0.373 e. The zero-order chi connectivity index (χ0) is 43.4. The van der Waals surface area contributed by atoms with Crippen molar-refractivity contribution < 1.29 is 28.7 Å². The van der Waals surface area contributed by atoms with Crippen LogP contribution < -0.4 is 5.32 Å². The van der Waals surface area contributed by atoms with Gasteiger partial charge >= 0.3 is 0 Å². The van der Waals surface area contributed by atoms with Crippen LogP contribution in [0.5, 0.6) is 0 Å². The Bertz CT molecular complexity index is 1720. The Balaban J connectivity index is 0.000000184. The fourth-order valence-corrected chi connectivity index (χ4v) is 11.3. The van der Waals surface area contributed by atoms with Crippen molar-refractivity contribution in [1.29, 1.82) is 0 Å². The minimum atomic E-state index is -0.537. The van der Waals surface area contributed by atoms with Crippen LogP contribution in [0.15, 0.2) is 60.7 Å². The summed E-state index contributed by atoms with van der Waals surface area (Å²) >= 11 is 0. The molecule has 6 aliphatic rings. The van der Waals surface area contributed by atoms with Crippen molar-refractivity contribution in [3.8, 4) is 0 Å². The zero-order valence-electron chi connectivity index (χ0n) is 38.8. The minimum absolute atomic E-state index is 0.174. The number of amides is 2. The molecule has 10 nitrogen and oxygen atoms in total. The Morgan fingerprint density at radius 1 is 0.541 bits per heavy atom. The first-order chi connectivity index (χ1) is 29.1. The number of nitrogens with zero attached hydrogens (tertiary/aromatic N) is 3. The largest absolute Gasteiger partial charge is 0.373 e. The van der Waals surface area contributed by atoms with E-state index in [-0.39, 0.29) is 46.6 Å². The van der Waals surface area contributed by atoms with Crippen molar-refractivity contribution in [2.24, 2.45) is 0 Å². The second kappa shape index (κ2) is 19.1. The van der Waals surface area contributed by atoms with Crippen LogP contribution >= 0.6 is 0 Å². The first kappa shape index (κ1) is 46.1. The zero-order valence-corrected chi connectivity index (χ0v) is 38.8. The lowest BCUT2D eigenvalue weighted by molar-refractivity contribution is -0.314. The van der Waals surface area contributed by atoms with Gasteiger partial charge in [0.05, 0.1) is 24.4 Å². The van der Waals surface area contributed by atoms with Crippen molar-refractivity contribution in [2.75, 3.05) is 20.3 Å². The van der Waals surface area contributed by atoms with E-state index in [2.05, 4.69) is 93.4 Å². The average molecular weight is 843 g/mol. The molecule has 1 N–H and O–H groups in total. The Morgan fingerprint density at radius 2 is 0.934 bits per heavy atom. The molecule has 2 unspecified atom stereocenters. The lowest BCUT2D eigenvalue weighted by Gasteiger charge is -2.49. The van der Waals surface area contributed by atoms with E-state index in [0.29, 0.717) is 13.2 Å². The van der Waals surface area contributed by atoms with Gasteiger partial charge in [0.25, 0.3) is 0 Å². The molecule has 0 bridgehead atoms. The third-order valence-electron chi connectivity index (χ3n) is 14.5. The number of nitrogens with one attached hydrogen (secondary N) is 1. The molecule has 2 amide bonds. The summed E-state index contributed by atoms with van der Waals surface area (Å²) in [6, 6.07) is 20.7. The second-order valence-electron chi connectivity index (χ2n) is 21.1. The smallest absolute Gasteiger partial charge is 0.246 e. The van der Waals surface area contributed by atoms with E-state index < -0.39 is 11.1 Å². The van der Waals surface area contributed by atoms with Gasteiger partial charge in [0.1, 0.15) is 34.6 Å². The molecule has 2 aliphatic heterocycles. The predicted molar refractivity (Wildman–Crippen MR) is 240 cm³/mol. The highest BCUT2D eigenvalue weighted by Gasteiger charge is 2.65. The van der Waals surface area contributed by atoms with Crippen LogP contribution in [0.4, 0.5) is 0 Å². The maximum Gasteiger partial charge on any atom is 0.246 e. The highest BCUT2D eigenvalue weighted by atomic mass is 16.7. The van der Waals surface area contributed by atoms with Gasteiger partial charge in [-0.1, -0.05) is 112 Å². The van der Waals surface area contributed by atoms with E-state index in [1.165, 1.54) is 25.7 Å². The highest BCUT2D eigenvalue weighted by Crippen LogP contribution is 2.53. The SMILES string of the molecule is CC(C)(C)OCC(ON1C2(CCCCC2)NC(=O)C12CCCCC2)c1ccccc1.CN1C(=O)C2(CCCCC2)N(OC(COC(C)(C)C)c2ccccc2)C12CCCCC2. The van der Waals surface area contributed by atoms with Crippen molar-refractivity contribution in [2.45, 2.75) is 216 Å². The summed E-state index contributed by atoms with van der Waals surface area (Å²) in [6.45, 7) is 13.4. The molecule has 338 valence electrons. The van der Waals surface area contributed by atoms with Gasteiger partial charge in [-0.25, -0.2) is 0 Å². The van der Waals surface area contributed by atoms with E-state index in [9.17, 15) is 9.59 Å². The van der Waals surface area contributed by atoms with Gasteiger partial charge in [-0.15, -0.1) is 10.1 Å². The van der Waals surface area contributed by atoms with Crippen molar-refractivity contribution in [3.63, 3.8) is 0 Å². The van der Waals surface area contributed by atoms with Crippen LogP contribution in [-0.2, 0) is 28.7 Å². The van der Waals surface area contributed by atoms with Crippen LogP contribution in [0.3, 0.4) is 0 Å². The van der Waals surface area contributed by atoms with Crippen LogP contribution in [0, 0.1) is 0 Å². The van der Waals surface area contributed by atoms with Crippen molar-refractivity contribution >= 4 is 11.8 Å². The molecule has 6 fully saturated rings. The normalized spacial score (nSPS) is 24.8. The molecular weight excluding hydrogens is 765 g/mol. The first-order valence-corrected chi connectivity index (χ1v) is 24.1. The molecule has 61 heavy (non-hydrogen) atoms. The Kier molecular flexibility index (Phi) is 14.4. The van der Waals surface area contributed by atoms with Crippen LogP contribution in [-0.4, -0.2) is 80.7 Å². The number of likely N-dealkylation sites (N-methyl/N-ethyl adjacent to an activating group) is 1. The van der Waals surface area contributed by atoms with E-state index in [1.54, 1.807) is 0 Å². The molecule has 2 aromatic rings. The number of hydrogen-bond donors (Lipinski definition) is 1. The molecule has 2 aromatic carbocycles. The summed E-state index contributed by atoms with van der Waals surface area (Å²) in [5.41, 5.74) is -0.0741. The van der Waals surface area contributed by atoms with Crippen molar-refractivity contribution in [1.82, 2.24) is 20.3 Å². The Morgan fingerprint density at radius 3 is 1.38 bits per heavy atom. The van der Waals surface area contributed by atoms with Gasteiger partial charge in [0.15, 0.2) is 0 Å². The standard InChI is InChI=1S/C26H40N2O3.C25H38N2O3/c1-24(2,3)30-20-22(21-14-8-5-9-15-21)31-28-25(16-10-6-11-17-25)23(29)27(4)26(28)18-12-7-13-19-26;1-23(2,3)29-19-21(20-13-7-4-8-14-20)30-27-24(15-9-5-10-16-24)22(28)26-25(27)17-11-6-12-18-25/h5,8-9,14-15,22H,6-7,10-13,16-20H2,1-4H3;4,7-8,13-14,21H,5-6,9-12,15-19H2,1-3H3,(H,26,28). The maximum absolute atomic E-state index is 13.8. The summed E-state index contributed by atoms with van der Waals surface area (Å²) < 4.78 is 12.4. The number of benzene rings is 2. The molecule has 2 heterocycles. The van der Waals surface area contributed by atoms with Crippen molar-refractivity contribution in [3.05, 3.63) is 71.8 Å². The summed E-state index contributed by atoms with van der Waals surface area (Å²) in [6.07, 6.45) is 20.7. The molecular formula is C51H78N4O6. The van der Waals surface area contributed by atoms with Gasteiger partial charge in [0.2, 0.25) is 11.8 Å². The van der Waals surface area contributed by atoms with Gasteiger partial charge in [0, 0.05) is 7.05 Å². The molecule has 4 spiro atoms. The van der Waals surface area contributed by atoms with Crippen LogP contribution in [0.1, 0.15) is 193 Å². The molecule has 0 aromatic heterocycles. The van der Waals surface area contributed by atoms with Gasteiger partial charge in [-0.3, -0.25) is 19.3 Å². The summed E-state index contributed by atoms with van der Waals surface area (Å²) in [5, 5.41) is 7.77. The Hall–Kier alpha value is -2.86. The number of hydroxylamine groups is 4. The van der Waals surface area contributed by atoms with E-state index >= 15 is 0 Å². The highest BCUT2D eigenvalue weighted by molar-refractivity contribution is 5.90. The lowest BCUT2D eigenvalue weighted by Crippen LogP contribution is -2.59. The average Bonchev–Trinajstić information content (AvgIpc) is 3.54. The predicted octanol–water partition coefficient (Wildman–Crippen LogP) is 10.9. The fraction of sp³-hybridized carbons (Fsp3) is 0.725. The second-order valence-corrected chi connectivity index (χ2v) is 21.1. The Labute approximate surface area is 367 Å². The van der Waals surface area contributed by atoms with E-state index in [4.69, 9.17) is 19.1 Å². The number of hydrogen-bond acceptors (Lipinski definition) is 8. The number of ether oxygens (including phenoxy) is 2. The van der Waals surface area contributed by atoms with Crippen LogP contribution in [0.25, 0.3) is 0 Å². The van der Waals surface area contributed by atoms with E-state index in [0.717, 1.165) is 114 Å². The molecule has 2 atom stereocenters. The molecule has 2 saturated heterocycles. The monoisotopic (exact) mass is 843 g/mol. The summed E-state index contributed by atoms with van der Waals surface area (Å²) in [7, 11) is 2.01. The third kappa shape index (κ3) is 9.95. The summed E-state index contributed by atoms with van der Waals surface area (Å²) in [4.78, 5) is 43.1. The number of rotatable bonds is 10. The molecule has 8 rings (SSSR count). The quantitative estimate of drug-likeness (QED) is 0.253. The fourth-order valence-electron chi connectivity index (χ4n) is 11.3. The summed E-state index contributed by atoms with van der Waals surface area (Å²) in [5.74, 6) is 0.435. The van der Waals surface area contributed by atoms with Gasteiger partial charge in [-0.05, 0) is 130 Å². The topological polar surface area (TPSA) is 92.8 Å². The molecule has 4 saturated carbocycles. The maximum atomic E-state index is 13.8. The molecule has 10 heteroatoms. The third-order valence-corrected chi connectivity index (χ3v) is 14.5. The molecule has 0 radical (unpaired) electrons. The van der Waals surface area contributed by atoms with Gasteiger partial charge in [-0.2, -0.15) is 0 Å². The lowest BCUT2D eigenvalue weighted by atomic mass is 9.80. The van der Waals surface area contributed by atoms with Crippen LogP contribution in [0.2, 0.25) is 0 Å². The molecule has 4 aliphatic carbocycles. The van der Waals surface area contributed by atoms with E-state index in [1.807, 2.05) is 36.2 Å². The first-order valence-electron chi connectivity index (χ1n) is 24.1. The number of carbonyl (C=O) groups is 2. The number of carbonyl (C=O) groups excluding carboxylic acids is 2. The van der Waals surface area contributed by atoms with Gasteiger partial charge < -0.3 is 19.7 Å².